The number of halogens is 7. The Morgan fingerprint density at radius 3 is 2.06 bits per heavy atom. The van der Waals surface area contributed by atoms with Gasteiger partial charge in [0.1, 0.15) is 5.02 Å². The van der Waals surface area contributed by atoms with Gasteiger partial charge >= 0.3 is 18.0 Å². The summed E-state index contributed by atoms with van der Waals surface area (Å²) in [6.07, 6.45) is -10.2. The maximum absolute atomic E-state index is 13.1. The van der Waals surface area contributed by atoms with Crippen molar-refractivity contribution in [3.63, 3.8) is 0 Å². The quantitative estimate of drug-likeness (QED) is 0.327. The van der Waals surface area contributed by atoms with Gasteiger partial charge in [0.25, 0.3) is 5.69 Å². The molecule has 0 N–H and O–H groups in total. The first-order chi connectivity index (χ1) is 14.3. The molecule has 3 aromatic rings. The standard InChI is InChI=1S/C16H8ClF6N5O3/c17-12-3-8(1-2-13(12)28(30)31)7-26-14(29)24-25-27(26)11-5-9(15(18,19)20)4-10(6-11)16(21,22)23/h1-6H,7H2. The van der Waals surface area contributed by atoms with Crippen molar-refractivity contribution in [1.82, 2.24) is 19.8 Å². The summed E-state index contributed by atoms with van der Waals surface area (Å²) in [5.74, 6) is 0. The Hall–Kier alpha value is -3.42. The SMILES string of the molecule is O=c1nnn(-c2cc(C(F)(F)F)cc(C(F)(F)F)c2)n1Cc1ccc([N+](=O)[O-])c(Cl)c1. The molecule has 0 bridgehead atoms. The van der Waals surface area contributed by atoms with E-state index in [-0.39, 0.29) is 16.7 Å². The predicted octanol–water partition coefficient (Wildman–Crippen LogP) is 4.08. The van der Waals surface area contributed by atoms with Crippen LogP contribution in [0.3, 0.4) is 0 Å². The van der Waals surface area contributed by atoms with E-state index in [2.05, 4.69) is 10.3 Å². The van der Waals surface area contributed by atoms with Gasteiger partial charge in [-0.15, -0.1) is 4.80 Å². The molecule has 164 valence electrons. The average molecular weight is 468 g/mol. The van der Waals surface area contributed by atoms with Crippen LogP contribution in [-0.4, -0.2) is 24.7 Å². The molecule has 31 heavy (non-hydrogen) atoms. The van der Waals surface area contributed by atoms with E-state index in [1.807, 2.05) is 0 Å². The normalized spacial score (nSPS) is 12.2. The Labute approximate surface area is 172 Å². The van der Waals surface area contributed by atoms with Gasteiger partial charge < -0.3 is 0 Å². The lowest BCUT2D eigenvalue weighted by Crippen LogP contribution is -2.24. The summed E-state index contributed by atoms with van der Waals surface area (Å²) in [5.41, 5.74) is -5.26. The second-order valence-electron chi connectivity index (χ2n) is 6.13. The molecule has 0 saturated carbocycles. The molecule has 0 aliphatic carbocycles. The van der Waals surface area contributed by atoms with Crippen LogP contribution in [0.4, 0.5) is 32.0 Å². The number of hydrogen-bond acceptors (Lipinski definition) is 5. The minimum absolute atomic E-state index is 0.0705. The maximum Gasteiger partial charge on any atom is 0.416 e. The third-order valence-corrected chi connectivity index (χ3v) is 4.31. The van der Waals surface area contributed by atoms with Crippen LogP contribution in [0, 0.1) is 10.1 Å². The number of aromatic nitrogens is 4. The lowest BCUT2D eigenvalue weighted by Gasteiger charge is -2.15. The van der Waals surface area contributed by atoms with E-state index in [1.54, 1.807) is 0 Å². The fourth-order valence-electron chi connectivity index (χ4n) is 2.61. The monoisotopic (exact) mass is 467 g/mol. The lowest BCUT2D eigenvalue weighted by atomic mass is 10.1. The van der Waals surface area contributed by atoms with Crippen LogP contribution < -0.4 is 5.69 Å². The van der Waals surface area contributed by atoms with E-state index < -0.39 is 52.0 Å². The first kappa shape index (κ1) is 22.3. The fourth-order valence-corrected chi connectivity index (χ4v) is 2.88. The van der Waals surface area contributed by atoms with Gasteiger partial charge in [0.2, 0.25) is 0 Å². The highest BCUT2D eigenvalue weighted by Gasteiger charge is 2.37. The Kier molecular flexibility index (Phi) is 5.52. The molecule has 1 heterocycles. The first-order valence-electron chi connectivity index (χ1n) is 8.03. The van der Waals surface area contributed by atoms with Crippen molar-refractivity contribution in [2.24, 2.45) is 0 Å². The smallest absolute Gasteiger partial charge is 0.258 e. The largest absolute Gasteiger partial charge is 0.416 e. The minimum atomic E-state index is -5.10. The van der Waals surface area contributed by atoms with Crippen molar-refractivity contribution in [3.05, 3.63) is 78.7 Å². The van der Waals surface area contributed by atoms with Crippen LogP contribution in [-0.2, 0) is 18.9 Å². The molecule has 0 fully saturated rings. The van der Waals surface area contributed by atoms with Gasteiger partial charge in [-0.1, -0.05) is 22.8 Å². The lowest BCUT2D eigenvalue weighted by molar-refractivity contribution is -0.384. The predicted molar refractivity (Wildman–Crippen MR) is 92.8 cm³/mol. The van der Waals surface area contributed by atoms with Crippen LogP contribution in [0.5, 0.6) is 0 Å². The molecule has 0 spiro atoms. The number of tetrazole rings is 1. The van der Waals surface area contributed by atoms with E-state index in [0.717, 1.165) is 12.1 Å². The highest BCUT2D eigenvalue weighted by Crippen LogP contribution is 2.37. The van der Waals surface area contributed by atoms with Crippen LogP contribution >= 0.6 is 11.6 Å². The Bertz CT molecular complexity index is 1190. The van der Waals surface area contributed by atoms with Crippen LogP contribution in [0.2, 0.25) is 5.02 Å². The van der Waals surface area contributed by atoms with E-state index >= 15 is 0 Å². The summed E-state index contributed by atoms with van der Waals surface area (Å²) in [6, 6.07) is 4.05. The zero-order valence-electron chi connectivity index (χ0n) is 14.8. The van der Waals surface area contributed by atoms with Gasteiger partial charge in [-0.3, -0.25) is 10.1 Å². The molecule has 0 aliphatic heterocycles. The molecule has 3 rings (SSSR count). The fraction of sp³-hybridized carbons (Fsp3) is 0.188. The second kappa shape index (κ2) is 7.68. The summed E-state index contributed by atoms with van der Waals surface area (Å²) < 4.78 is 79.3. The average Bonchev–Trinajstić information content (AvgIpc) is 3.00. The van der Waals surface area contributed by atoms with Gasteiger partial charge in [-0.05, 0) is 35.0 Å². The molecule has 15 heteroatoms. The van der Waals surface area contributed by atoms with Gasteiger partial charge in [0, 0.05) is 6.07 Å². The number of alkyl halides is 6. The topological polar surface area (TPSA) is 95.8 Å². The van der Waals surface area contributed by atoms with Gasteiger partial charge in [-0.2, -0.15) is 26.3 Å². The first-order valence-corrected chi connectivity index (χ1v) is 8.40. The molecule has 0 aliphatic rings. The molecule has 0 unspecified atom stereocenters. The summed E-state index contributed by atoms with van der Waals surface area (Å²) in [6.45, 7) is -0.443. The van der Waals surface area contributed by atoms with Gasteiger partial charge in [0.05, 0.1) is 28.3 Å². The van der Waals surface area contributed by atoms with Crippen molar-refractivity contribution < 1.29 is 31.3 Å². The molecule has 0 amide bonds. The molecule has 2 aromatic carbocycles. The van der Waals surface area contributed by atoms with Crippen molar-refractivity contribution in [2.45, 2.75) is 18.9 Å². The molecule has 1 aromatic heterocycles. The summed E-state index contributed by atoms with van der Waals surface area (Å²) in [7, 11) is 0. The number of benzene rings is 2. The van der Waals surface area contributed by atoms with Crippen molar-refractivity contribution in [2.75, 3.05) is 0 Å². The van der Waals surface area contributed by atoms with E-state index in [4.69, 9.17) is 11.6 Å². The zero-order valence-corrected chi connectivity index (χ0v) is 15.5. The van der Waals surface area contributed by atoms with Crippen LogP contribution in [0.25, 0.3) is 5.69 Å². The second-order valence-corrected chi connectivity index (χ2v) is 6.53. The minimum Gasteiger partial charge on any atom is -0.258 e. The molecule has 0 atom stereocenters. The number of nitro benzene ring substituents is 1. The van der Waals surface area contributed by atoms with Crippen LogP contribution in [0.1, 0.15) is 16.7 Å². The van der Waals surface area contributed by atoms with Gasteiger partial charge in [-0.25, -0.2) is 9.48 Å². The highest BCUT2D eigenvalue weighted by atomic mass is 35.5. The van der Waals surface area contributed by atoms with E-state index in [1.165, 1.54) is 6.07 Å². The number of nitro groups is 1. The molecular formula is C16H8ClF6N5O3. The van der Waals surface area contributed by atoms with Crippen molar-refractivity contribution in [3.8, 4) is 5.69 Å². The summed E-state index contributed by atoms with van der Waals surface area (Å²) in [5, 5.41) is 17.0. The number of rotatable bonds is 4. The van der Waals surface area contributed by atoms with E-state index in [9.17, 15) is 41.3 Å². The molecular weight excluding hydrogens is 460 g/mol. The van der Waals surface area contributed by atoms with Crippen LogP contribution in [0.15, 0.2) is 41.2 Å². The van der Waals surface area contributed by atoms with Crippen molar-refractivity contribution in [1.29, 1.82) is 0 Å². The third-order valence-electron chi connectivity index (χ3n) is 4.01. The summed E-state index contributed by atoms with van der Waals surface area (Å²) in [4.78, 5) is 22.6. The Morgan fingerprint density at radius 1 is 1.00 bits per heavy atom. The van der Waals surface area contributed by atoms with Gasteiger partial charge in [0.15, 0.2) is 0 Å². The van der Waals surface area contributed by atoms with E-state index in [0.29, 0.717) is 21.6 Å². The number of nitrogens with zero attached hydrogens (tertiary/aromatic N) is 5. The molecule has 0 saturated heterocycles. The Morgan fingerprint density at radius 2 is 1.58 bits per heavy atom. The third kappa shape index (κ3) is 4.68. The summed E-state index contributed by atoms with van der Waals surface area (Å²) >= 11 is 5.79. The molecule has 0 radical (unpaired) electrons. The highest BCUT2D eigenvalue weighted by molar-refractivity contribution is 6.32. The van der Waals surface area contributed by atoms with Crippen molar-refractivity contribution >= 4 is 17.3 Å². The maximum atomic E-state index is 13.1. The molecule has 8 nitrogen and oxygen atoms in total. The number of hydrogen-bond donors (Lipinski definition) is 0. The zero-order chi connectivity index (χ0) is 23.1. The Balaban J connectivity index is 2.12.